The lowest BCUT2D eigenvalue weighted by molar-refractivity contribution is -0.193. The van der Waals surface area contributed by atoms with Gasteiger partial charge in [-0.2, -0.15) is 17.2 Å². The molecule has 4 aliphatic rings. The minimum atomic E-state index is -5.87. The van der Waals surface area contributed by atoms with Crippen molar-refractivity contribution >= 4 is 26.4 Å². The van der Waals surface area contributed by atoms with E-state index in [-0.39, 0.29) is 18.4 Å². The van der Waals surface area contributed by atoms with Crippen LogP contribution in [-0.4, -0.2) is 37.0 Å². The van der Waals surface area contributed by atoms with Crippen molar-refractivity contribution in [3.63, 3.8) is 0 Å². The first-order chi connectivity index (χ1) is 19.5. The maximum Gasteiger partial charge on any atom is 0.466 e. The van der Waals surface area contributed by atoms with E-state index in [0.29, 0.717) is 46.8 Å². The number of carbonyl (C=O) groups excluding carboxylic acids is 1. The lowest BCUT2D eigenvalue weighted by Gasteiger charge is -2.59. The van der Waals surface area contributed by atoms with Gasteiger partial charge in [0.25, 0.3) is 0 Å². The average molecular weight is 603 g/mol. The summed E-state index contributed by atoms with van der Waals surface area (Å²) in [5, 5.41) is 6.00. The highest BCUT2D eigenvalue weighted by molar-refractivity contribution is 8.33. The van der Waals surface area contributed by atoms with E-state index in [1.165, 1.54) is 0 Å². The summed E-state index contributed by atoms with van der Waals surface area (Å²) in [6.45, 7) is -0.361. The molecule has 0 heterocycles. The Labute approximate surface area is 240 Å². The fourth-order valence-electron chi connectivity index (χ4n) is 7.52. The molecule has 218 valence electrons. The number of benzene rings is 3. The minimum absolute atomic E-state index is 0.249. The van der Waals surface area contributed by atoms with Crippen LogP contribution in [0.1, 0.15) is 38.5 Å². The SMILES string of the molecule is O=C(OCC12CC3CC(CC(O)(C3)C1)C2)C(F)(F)S(=O)(=O)OS(c1ccccc1)(c1ccccc1)c1ccccc1. The Balaban J connectivity index is 1.33. The summed E-state index contributed by atoms with van der Waals surface area (Å²) in [7, 11) is -9.15. The van der Waals surface area contributed by atoms with Crippen LogP contribution in [0.2, 0.25) is 0 Å². The number of halogens is 2. The number of hydrogen-bond donors (Lipinski definition) is 1. The molecule has 4 saturated carbocycles. The van der Waals surface area contributed by atoms with Crippen molar-refractivity contribution in [1.29, 1.82) is 0 Å². The molecular formula is C31H32F2O6S2. The number of esters is 1. The van der Waals surface area contributed by atoms with E-state index in [4.69, 9.17) is 8.37 Å². The van der Waals surface area contributed by atoms with Crippen molar-refractivity contribution in [3.05, 3.63) is 91.0 Å². The van der Waals surface area contributed by atoms with Gasteiger partial charge in [0.2, 0.25) is 0 Å². The molecule has 4 fully saturated rings. The Morgan fingerprint density at radius 2 is 1.24 bits per heavy atom. The Hall–Kier alpha value is -2.79. The Morgan fingerprint density at radius 3 is 1.66 bits per heavy atom. The standard InChI is InChI=1S/C31H32F2O6S2/c32-31(33,28(34)38-22-29-17-23-16-24(18-29)20-30(35,19-23)21-29)41(36,37)39-40(25-10-4-1-5-11-25,26-12-6-2-7-13-26)27-14-8-3-9-15-27/h1-15,23-24,35H,16-22H2. The van der Waals surface area contributed by atoms with Gasteiger partial charge in [-0.25, -0.2) is 8.42 Å². The predicted octanol–water partition coefficient (Wildman–Crippen LogP) is 6.70. The van der Waals surface area contributed by atoms with Crippen molar-refractivity contribution in [2.24, 2.45) is 17.3 Å². The molecule has 3 aromatic carbocycles. The van der Waals surface area contributed by atoms with E-state index in [2.05, 4.69) is 0 Å². The molecule has 0 aliphatic heterocycles. The zero-order valence-electron chi connectivity index (χ0n) is 22.3. The van der Waals surface area contributed by atoms with Crippen LogP contribution in [0.4, 0.5) is 8.78 Å². The summed E-state index contributed by atoms with van der Waals surface area (Å²) < 4.78 is 69.1. The van der Waals surface area contributed by atoms with E-state index in [0.717, 1.165) is 6.42 Å². The van der Waals surface area contributed by atoms with E-state index < -0.39 is 42.7 Å². The second-order valence-electron chi connectivity index (χ2n) is 11.8. The summed E-state index contributed by atoms with van der Waals surface area (Å²) in [5.41, 5.74) is -1.50. The lowest BCUT2D eigenvalue weighted by atomic mass is 9.48. The molecule has 7 rings (SSSR count). The zero-order chi connectivity index (χ0) is 28.9. The minimum Gasteiger partial charge on any atom is -0.460 e. The topological polar surface area (TPSA) is 89.9 Å². The number of hydrogen-bond acceptors (Lipinski definition) is 6. The third-order valence-corrected chi connectivity index (χ3v) is 13.8. The van der Waals surface area contributed by atoms with Gasteiger partial charge in [0.15, 0.2) is 0 Å². The molecule has 6 nitrogen and oxygen atoms in total. The van der Waals surface area contributed by atoms with Crippen LogP contribution in [0, 0.1) is 17.3 Å². The highest BCUT2D eigenvalue weighted by atomic mass is 32.3. The molecule has 4 aliphatic carbocycles. The average Bonchev–Trinajstić information content (AvgIpc) is 2.94. The fourth-order valence-corrected chi connectivity index (χ4v) is 12.6. The molecule has 4 bridgehead atoms. The van der Waals surface area contributed by atoms with E-state index in [9.17, 15) is 18.3 Å². The molecule has 10 heteroatoms. The van der Waals surface area contributed by atoms with Gasteiger partial charge in [-0.05, 0) is 97.1 Å². The molecule has 0 amide bonds. The zero-order valence-corrected chi connectivity index (χ0v) is 24.0. The third kappa shape index (κ3) is 4.98. The molecule has 2 unspecified atom stereocenters. The molecule has 41 heavy (non-hydrogen) atoms. The third-order valence-electron chi connectivity index (χ3n) is 8.63. The molecule has 3 aromatic rings. The second kappa shape index (κ2) is 10.2. The molecule has 0 spiro atoms. The first-order valence-corrected chi connectivity index (χ1v) is 16.7. The summed E-state index contributed by atoms with van der Waals surface area (Å²) in [6.07, 6.45) is 3.99. The van der Waals surface area contributed by atoms with E-state index in [1.807, 2.05) is 0 Å². The quantitative estimate of drug-likeness (QED) is 0.274. The summed E-state index contributed by atoms with van der Waals surface area (Å²) >= 11 is 0. The van der Waals surface area contributed by atoms with Crippen molar-refractivity contribution < 1.29 is 35.5 Å². The maximum absolute atomic E-state index is 15.7. The number of rotatable bonds is 9. The second-order valence-corrected chi connectivity index (χ2v) is 16.3. The Morgan fingerprint density at radius 1 is 0.805 bits per heavy atom. The number of carbonyl (C=O) groups is 1. The van der Waals surface area contributed by atoms with Gasteiger partial charge in [-0.15, -0.1) is 0 Å². The van der Waals surface area contributed by atoms with Gasteiger partial charge >= 0.3 is 21.3 Å². The van der Waals surface area contributed by atoms with Crippen LogP contribution in [-0.2, 0) is 23.3 Å². The molecular weight excluding hydrogens is 570 g/mol. The number of ether oxygens (including phenoxy) is 1. The normalized spacial score (nSPS) is 27.9. The maximum atomic E-state index is 15.7. The smallest absolute Gasteiger partial charge is 0.460 e. The van der Waals surface area contributed by atoms with Crippen molar-refractivity contribution in [2.45, 2.75) is 64.1 Å². The Bertz CT molecular complexity index is 1410. The molecule has 0 radical (unpaired) electrons. The molecule has 0 saturated heterocycles. The first-order valence-electron chi connectivity index (χ1n) is 13.7. The van der Waals surface area contributed by atoms with Gasteiger partial charge < -0.3 is 9.84 Å². The van der Waals surface area contributed by atoms with Crippen molar-refractivity contribution in [2.75, 3.05) is 6.61 Å². The first kappa shape index (κ1) is 28.3. The fraction of sp³-hybridized carbons (Fsp3) is 0.387. The monoisotopic (exact) mass is 602 g/mol. The highest BCUT2D eigenvalue weighted by Crippen LogP contribution is 2.70. The van der Waals surface area contributed by atoms with Gasteiger partial charge in [0.1, 0.15) is 0 Å². The molecule has 1 N–H and O–H groups in total. The lowest BCUT2D eigenvalue weighted by Crippen LogP contribution is -2.57. The highest BCUT2D eigenvalue weighted by Gasteiger charge is 2.61. The van der Waals surface area contributed by atoms with Crippen molar-refractivity contribution in [3.8, 4) is 0 Å². The number of alkyl halides is 2. The van der Waals surface area contributed by atoms with Crippen LogP contribution in [0.15, 0.2) is 106 Å². The Kier molecular flexibility index (Phi) is 7.04. The van der Waals surface area contributed by atoms with Crippen LogP contribution in [0.5, 0.6) is 0 Å². The van der Waals surface area contributed by atoms with Crippen LogP contribution < -0.4 is 0 Å². The van der Waals surface area contributed by atoms with Gasteiger partial charge in [-0.1, -0.05) is 54.6 Å². The van der Waals surface area contributed by atoms with Crippen molar-refractivity contribution in [1.82, 2.24) is 0 Å². The van der Waals surface area contributed by atoms with E-state index in [1.54, 1.807) is 91.0 Å². The molecule has 0 aromatic heterocycles. The van der Waals surface area contributed by atoms with Gasteiger partial charge in [0, 0.05) is 20.1 Å². The van der Waals surface area contributed by atoms with Crippen LogP contribution in [0.25, 0.3) is 0 Å². The molecule has 2 atom stereocenters. The predicted molar refractivity (Wildman–Crippen MR) is 150 cm³/mol. The van der Waals surface area contributed by atoms with Crippen LogP contribution in [0.3, 0.4) is 0 Å². The van der Waals surface area contributed by atoms with Gasteiger partial charge in [0.05, 0.1) is 12.2 Å². The van der Waals surface area contributed by atoms with Gasteiger partial charge in [-0.3, -0.25) is 0 Å². The largest absolute Gasteiger partial charge is 0.466 e. The summed E-state index contributed by atoms with van der Waals surface area (Å²) in [6, 6.07) is 25.0. The van der Waals surface area contributed by atoms with E-state index >= 15 is 8.78 Å². The summed E-state index contributed by atoms with van der Waals surface area (Å²) in [4.78, 5) is 14.0. The number of aliphatic hydroxyl groups is 1. The van der Waals surface area contributed by atoms with Crippen LogP contribution >= 0.6 is 10.3 Å². The summed E-state index contributed by atoms with van der Waals surface area (Å²) in [5.74, 6) is -1.67.